The van der Waals surface area contributed by atoms with Crippen LogP contribution in [0.3, 0.4) is 0 Å². The molecule has 8 heteroatoms. The van der Waals surface area contributed by atoms with E-state index < -0.39 is 0 Å². The molecule has 0 saturated carbocycles. The zero-order valence-electron chi connectivity index (χ0n) is 15.5. The SMILES string of the molecule is COc1cc(C=C2C(=O)N(C)C(=S)N2C)cc(Br)c1OCc1ccc(F)cc1. The maximum absolute atomic E-state index is 13.0. The summed E-state index contributed by atoms with van der Waals surface area (Å²) in [7, 11) is 4.94. The number of thiocarbonyl (C=S) groups is 1. The van der Waals surface area contributed by atoms with Crippen LogP contribution in [-0.4, -0.2) is 42.0 Å². The minimum Gasteiger partial charge on any atom is -0.493 e. The third kappa shape index (κ3) is 4.02. The number of ether oxygens (including phenoxy) is 2. The minimum atomic E-state index is -0.295. The van der Waals surface area contributed by atoms with E-state index in [-0.39, 0.29) is 18.3 Å². The van der Waals surface area contributed by atoms with Crippen LogP contribution in [0.25, 0.3) is 6.08 Å². The summed E-state index contributed by atoms with van der Waals surface area (Å²) in [5, 5.41) is 0.446. The monoisotopic (exact) mass is 464 g/mol. The normalized spacial score (nSPS) is 15.5. The molecule has 0 radical (unpaired) electrons. The molecule has 2 aromatic carbocycles. The Bertz CT molecular complexity index is 963. The predicted octanol–water partition coefficient (Wildman–Crippen LogP) is 4.21. The van der Waals surface area contributed by atoms with Crippen LogP contribution in [-0.2, 0) is 11.4 Å². The third-order valence-corrected chi connectivity index (χ3v) is 5.45. The summed E-state index contributed by atoms with van der Waals surface area (Å²) in [4.78, 5) is 15.4. The zero-order valence-corrected chi connectivity index (χ0v) is 17.9. The van der Waals surface area contributed by atoms with Crippen LogP contribution in [0.4, 0.5) is 4.39 Å². The number of benzene rings is 2. The summed E-state index contributed by atoms with van der Waals surface area (Å²) >= 11 is 8.73. The van der Waals surface area contributed by atoms with E-state index in [1.807, 2.05) is 6.07 Å². The fourth-order valence-corrected chi connectivity index (χ4v) is 3.50. The number of methoxy groups -OCH3 is 1. The van der Waals surface area contributed by atoms with Crippen molar-refractivity contribution in [3.8, 4) is 11.5 Å². The van der Waals surface area contributed by atoms with Crippen molar-refractivity contribution < 1.29 is 18.7 Å². The van der Waals surface area contributed by atoms with Gasteiger partial charge in [-0.25, -0.2) is 4.39 Å². The number of hydrogen-bond acceptors (Lipinski definition) is 4. The molecule has 0 unspecified atom stereocenters. The molecule has 0 bridgehead atoms. The first-order chi connectivity index (χ1) is 13.3. The molecule has 146 valence electrons. The third-order valence-electron chi connectivity index (χ3n) is 4.31. The predicted molar refractivity (Wildman–Crippen MR) is 113 cm³/mol. The van der Waals surface area contributed by atoms with Gasteiger partial charge in [0.25, 0.3) is 5.91 Å². The molecule has 28 heavy (non-hydrogen) atoms. The molecular formula is C20H18BrFN2O3S. The molecule has 0 aromatic heterocycles. The highest BCUT2D eigenvalue weighted by Crippen LogP contribution is 2.38. The van der Waals surface area contributed by atoms with Crippen molar-refractivity contribution >= 4 is 45.2 Å². The Balaban J connectivity index is 1.87. The number of halogens is 2. The summed E-state index contributed by atoms with van der Waals surface area (Å²) in [6.45, 7) is 0.260. The van der Waals surface area contributed by atoms with E-state index in [0.29, 0.717) is 26.8 Å². The molecule has 1 heterocycles. The molecule has 1 fully saturated rings. The van der Waals surface area contributed by atoms with Gasteiger partial charge >= 0.3 is 0 Å². The van der Waals surface area contributed by atoms with Gasteiger partial charge in [-0.1, -0.05) is 12.1 Å². The Morgan fingerprint density at radius 2 is 1.86 bits per heavy atom. The second-order valence-electron chi connectivity index (χ2n) is 6.18. The number of carbonyl (C=O) groups excluding carboxylic acids is 1. The summed E-state index contributed by atoms with van der Waals surface area (Å²) in [6.07, 6.45) is 1.75. The van der Waals surface area contributed by atoms with Crippen molar-refractivity contribution in [2.75, 3.05) is 21.2 Å². The molecule has 0 spiro atoms. The first-order valence-electron chi connectivity index (χ1n) is 8.34. The lowest BCUT2D eigenvalue weighted by Gasteiger charge is -2.14. The average molecular weight is 465 g/mol. The number of likely N-dealkylation sites (N-methyl/N-ethyl adjacent to an activating group) is 2. The maximum Gasteiger partial charge on any atom is 0.276 e. The lowest BCUT2D eigenvalue weighted by molar-refractivity contribution is -0.121. The van der Waals surface area contributed by atoms with E-state index in [4.69, 9.17) is 21.7 Å². The Morgan fingerprint density at radius 1 is 1.18 bits per heavy atom. The van der Waals surface area contributed by atoms with Gasteiger partial charge in [-0.05, 0) is 69.6 Å². The molecule has 1 saturated heterocycles. The first kappa shape index (κ1) is 20.3. The highest BCUT2D eigenvalue weighted by molar-refractivity contribution is 9.10. The quantitative estimate of drug-likeness (QED) is 0.489. The molecule has 0 N–H and O–H groups in total. The van der Waals surface area contributed by atoms with Gasteiger partial charge in [0.2, 0.25) is 0 Å². The Labute approximate surface area is 176 Å². The van der Waals surface area contributed by atoms with E-state index in [1.165, 1.54) is 17.0 Å². The van der Waals surface area contributed by atoms with Gasteiger partial charge in [-0.3, -0.25) is 9.69 Å². The number of rotatable bonds is 5. The molecule has 0 aliphatic carbocycles. The summed E-state index contributed by atoms with van der Waals surface area (Å²) in [6, 6.07) is 9.71. The number of carbonyl (C=O) groups is 1. The van der Waals surface area contributed by atoms with Crippen molar-refractivity contribution in [1.29, 1.82) is 0 Å². The van der Waals surface area contributed by atoms with Crippen molar-refractivity contribution in [3.63, 3.8) is 0 Å². The molecule has 1 aliphatic heterocycles. The van der Waals surface area contributed by atoms with E-state index >= 15 is 0 Å². The second-order valence-corrected chi connectivity index (χ2v) is 7.40. The summed E-state index contributed by atoms with van der Waals surface area (Å²) in [5.74, 6) is 0.566. The lowest BCUT2D eigenvalue weighted by atomic mass is 10.1. The van der Waals surface area contributed by atoms with E-state index in [0.717, 1.165) is 11.1 Å². The highest BCUT2D eigenvalue weighted by Gasteiger charge is 2.32. The number of nitrogens with zero attached hydrogens (tertiary/aromatic N) is 2. The van der Waals surface area contributed by atoms with Crippen LogP contribution < -0.4 is 9.47 Å². The van der Waals surface area contributed by atoms with Crippen molar-refractivity contribution in [1.82, 2.24) is 9.80 Å². The Morgan fingerprint density at radius 3 is 2.43 bits per heavy atom. The fraction of sp³-hybridized carbons (Fsp3) is 0.200. The van der Waals surface area contributed by atoms with Gasteiger partial charge in [0.1, 0.15) is 18.1 Å². The van der Waals surface area contributed by atoms with Gasteiger partial charge in [-0.15, -0.1) is 0 Å². The average Bonchev–Trinajstić information content (AvgIpc) is 2.86. The van der Waals surface area contributed by atoms with Crippen LogP contribution >= 0.6 is 28.1 Å². The van der Waals surface area contributed by atoms with Gasteiger partial charge in [-0.2, -0.15) is 0 Å². The second kappa shape index (κ2) is 8.28. The van der Waals surface area contributed by atoms with Crippen LogP contribution in [0.1, 0.15) is 11.1 Å². The number of hydrogen-bond donors (Lipinski definition) is 0. The molecule has 5 nitrogen and oxygen atoms in total. The lowest BCUT2D eigenvalue weighted by Crippen LogP contribution is -2.26. The van der Waals surface area contributed by atoms with Crippen molar-refractivity contribution in [3.05, 3.63) is 63.5 Å². The summed E-state index contributed by atoms with van der Waals surface area (Å²) in [5.41, 5.74) is 2.06. The first-order valence-corrected chi connectivity index (χ1v) is 9.54. The van der Waals surface area contributed by atoms with Crippen LogP contribution in [0, 0.1) is 5.82 Å². The molecule has 0 atom stereocenters. The van der Waals surface area contributed by atoms with E-state index in [9.17, 15) is 9.18 Å². The van der Waals surface area contributed by atoms with E-state index in [2.05, 4.69) is 15.9 Å². The smallest absolute Gasteiger partial charge is 0.276 e. The zero-order chi connectivity index (χ0) is 20.4. The van der Waals surface area contributed by atoms with Gasteiger partial charge in [0, 0.05) is 14.1 Å². The molecular weight excluding hydrogens is 447 g/mol. The maximum atomic E-state index is 13.0. The van der Waals surface area contributed by atoms with Crippen LogP contribution in [0.15, 0.2) is 46.6 Å². The Hall–Kier alpha value is -2.45. The minimum absolute atomic E-state index is 0.167. The van der Waals surface area contributed by atoms with Crippen LogP contribution in [0.5, 0.6) is 11.5 Å². The van der Waals surface area contributed by atoms with Gasteiger partial charge in [0.05, 0.1) is 11.6 Å². The van der Waals surface area contributed by atoms with E-state index in [1.54, 1.807) is 50.4 Å². The molecule has 1 amide bonds. The topological polar surface area (TPSA) is 42.0 Å². The highest BCUT2D eigenvalue weighted by atomic mass is 79.9. The fourth-order valence-electron chi connectivity index (χ4n) is 2.75. The molecule has 3 rings (SSSR count). The number of amides is 1. The molecule has 2 aromatic rings. The molecule has 1 aliphatic rings. The largest absolute Gasteiger partial charge is 0.493 e. The van der Waals surface area contributed by atoms with Gasteiger partial charge in [0.15, 0.2) is 16.6 Å². The Kier molecular flexibility index (Phi) is 6.00. The van der Waals surface area contributed by atoms with Crippen molar-refractivity contribution in [2.24, 2.45) is 0 Å². The standard InChI is InChI=1S/C20H18BrFN2O3S/c1-23-16(19(25)24(2)20(23)28)9-13-8-15(21)18(17(10-13)26-3)27-11-12-4-6-14(22)7-5-12/h4-10H,11H2,1-3H3. The van der Waals surface area contributed by atoms with Crippen molar-refractivity contribution in [2.45, 2.75) is 6.61 Å². The van der Waals surface area contributed by atoms with Crippen LogP contribution in [0.2, 0.25) is 0 Å². The van der Waals surface area contributed by atoms with Gasteiger partial charge < -0.3 is 14.4 Å². The summed E-state index contributed by atoms with van der Waals surface area (Å²) < 4.78 is 25.0.